The second-order valence-electron chi connectivity index (χ2n) is 11.6. The maximum absolute atomic E-state index is 14.4. The van der Waals surface area contributed by atoms with Crippen molar-refractivity contribution in [2.75, 3.05) is 25.1 Å². The van der Waals surface area contributed by atoms with Gasteiger partial charge in [-0.2, -0.15) is 0 Å². The number of carbonyl (C=O) groups excluding carboxylic acids is 2. The maximum atomic E-state index is 14.4. The van der Waals surface area contributed by atoms with Crippen LogP contribution in [0.4, 0.5) is 5.69 Å². The third-order valence-corrected chi connectivity index (χ3v) is 10.3. The first-order chi connectivity index (χ1) is 21.6. The molecule has 0 spiro atoms. The van der Waals surface area contributed by atoms with E-state index in [0.717, 1.165) is 53.1 Å². The Bertz CT molecular complexity index is 1570. The summed E-state index contributed by atoms with van der Waals surface area (Å²) in [7, 11) is -1.25. The van der Waals surface area contributed by atoms with Crippen LogP contribution >= 0.6 is 0 Å². The summed E-state index contributed by atoms with van der Waals surface area (Å²) in [4.78, 5) is 29.8. The number of hydrogen-bond acceptors (Lipinski definition) is 6. The van der Waals surface area contributed by atoms with Crippen molar-refractivity contribution in [3.63, 3.8) is 0 Å². The number of aryl methyl sites for hydroxylation is 2. The van der Waals surface area contributed by atoms with E-state index >= 15 is 0 Å². The van der Waals surface area contributed by atoms with E-state index in [1.54, 1.807) is 24.3 Å². The fraction of sp³-hybridized carbons (Fsp3) is 0.429. The molecule has 1 atom stereocenters. The summed E-state index contributed by atoms with van der Waals surface area (Å²) >= 11 is 0. The Kier molecular flexibility index (Phi) is 11.5. The average molecular weight is 636 g/mol. The number of benzene rings is 3. The SMILES string of the molecule is CCC(C(=O)NC1CCCCC1)N(Cc1ccccc1C)C(=O)CN(c1ccc(OC)c(OC)c1)S(=O)(=O)c1ccc(C)cc1. The van der Waals surface area contributed by atoms with Crippen LogP contribution in [0.15, 0.2) is 71.6 Å². The van der Waals surface area contributed by atoms with E-state index in [1.807, 2.05) is 45.0 Å². The lowest BCUT2D eigenvalue weighted by atomic mass is 9.95. The van der Waals surface area contributed by atoms with Crippen LogP contribution in [0.3, 0.4) is 0 Å². The minimum Gasteiger partial charge on any atom is -0.493 e. The second-order valence-corrected chi connectivity index (χ2v) is 13.4. The number of sulfonamides is 1. The number of anilines is 1. The van der Waals surface area contributed by atoms with Crippen molar-refractivity contribution in [2.24, 2.45) is 0 Å². The van der Waals surface area contributed by atoms with Crippen LogP contribution < -0.4 is 19.1 Å². The van der Waals surface area contributed by atoms with E-state index in [-0.39, 0.29) is 29.1 Å². The third-order valence-electron chi connectivity index (χ3n) is 8.48. The lowest BCUT2D eigenvalue weighted by Crippen LogP contribution is -2.54. The Labute approximate surface area is 267 Å². The fourth-order valence-corrected chi connectivity index (χ4v) is 7.19. The smallest absolute Gasteiger partial charge is 0.264 e. The molecule has 45 heavy (non-hydrogen) atoms. The number of carbonyl (C=O) groups is 2. The molecule has 1 aliphatic carbocycles. The van der Waals surface area contributed by atoms with Gasteiger partial charge in [-0.3, -0.25) is 13.9 Å². The Morgan fingerprint density at radius 3 is 2.20 bits per heavy atom. The molecule has 2 amide bonds. The molecule has 9 nitrogen and oxygen atoms in total. The lowest BCUT2D eigenvalue weighted by molar-refractivity contribution is -0.140. The molecule has 0 aromatic heterocycles. The van der Waals surface area contributed by atoms with Gasteiger partial charge in [-0.1, -0.05) is 68.1 Å². The minimum atomic E-state index is -4.21. The first-order valence-corrected chi connectivity index (χ1v) is 17.0. The van der Waals surface area contributed by atoms with E-state index in [9.17, 15) is 18.0 Å². The summed E-state index contributed by atoms with van der Waals surface area (Å²) in [6.45, 7) is 5.34. The number of methoxy groups -OCH3 is 2. The topological polar surface area (TPSA) is 105 Å². The third kappa shape index (κ3) is 8.16. The Hall–Kier alpha value is -4.05. The van der Waals surface area contributed by atoms with Gasteiger partial charge in [0.1, 0.15) is 12.6 Å². The zero-order valence-electron chi connectivity index (χ0n) is 26.9. The van der Waals surface area contributed by atoms with Crippen LogP contribution in [0.1, 0.15) is 62.1 Å². The molecule has 1 saturated carbocycles. The zero-order chi connectivity index (χ0) is 32.6. The predicted molar refractivity (Wildman–Crippen MR) is 176 cm³/mol. The molecule has 1 aliphatic rings. The van der Waals surface area contributed by atoms with Gasteiger partial charge in [-0.15, -0.1) is 0 Å². The van der Waals surface area contributed by atoms with Crippen molar-refractivity contribution in [3.05, 3.63) is 83.4 Å². The lowest BCUT2D eigenvalue weighted by Gasteiger charge is -2.35. The summed E-state index contributed by atoms with van der Waals surface area (Å²) in [5, 5.41) is 3.18. The molecule has 0 bridgehead atoms. The van der Waals surface area contributed by atoms with Crippen molar-refractivity contribution in [2.45, 2.75) is 82.8 Å². The van der Waals surface area contributed by atoms with E-state index in [0.29, 0.717) is 17.9 Å². The predicted octanol–water partition coefficient (Wildman–Crippen LogP) is 5.77. The summed E-state index contributed by atoms with van der Waals surface area (Å²) in [5.74, 6) is 0.0354. The fourth-order valence-electron chi connectivity index (χ4n) is 5.78. The molecule has 1 N–H and O–H groups in total. The minimum absolute atomic E-state index is 0.0446. The van der Waals surface area contributed by atoms with Crippen LogP contribution in [0, 0.1) is 13.8 Å². The second kappa shape index (κ2) is 15.3. The molecule has 3 aromatic carbocycles. The monoisotopic (exact) mass is 635 g/mol. The molecule has 1 fully saturated rings. The first kappa shape index (κ1) is 33.8. The average Bonchev–Trinajstić information content (AvgIpc) is 3.04. The number of hydrogen-bond donors (Lipinski definition) is 1. The van der Waals surface area contributed by atoms with Crippen molar-refractivity contribution >= 4 is 27.5 Å². The van der Waals surface area contributed by atoms with Crippen molar-refractivity contribution in [1.29, 1.82) is 0 Å². The van der Waals surface area contributed by atoms with Crippen molar-refractivity contribution in [3.8, 4) is 11.5 Å². The van der Waals surface area contributed by atoms with E-state index in [4.69, 9.17) is 9.47 Å². The van der Waals surface area contributed by atoms with Crippen LogP contribution in [-0.4, -0.2) is 58.0 Å². The van der Waals surface area contributed by atoms with Crippen LogP contribution in [-0.2, 0) is 26.2 Å². The summed E-state index contributed by atoms with van der Waals surface area (Å²) in [6.07, 6.45) is 5.47. The van der Waals surface area contributed by atoms with Gasteiger partial charge in [-0.05, 0) is 68.5 Å². The van der Waals surface area contributed by atoms with E-state index in [2.05, 4.69) is 5.32 Å². The molecular formula is C35H45N3O6S. The number of amides is 2. The molecule has 242 valence electrons. The van der Waals surface area contributed by atoms with E-state index < -0.39 is 28.5 Å². The Morgan fingerprint density at radius 1 is 0.911 bits per heavy atom. The first-order valence-electron chi connectivity index (χ1n) is 15.5. The molecule has 10 heteroatoms. The highest BCUT2D eigenvalue weighted by Crippen LogP contribution is 2.34. The zero-order valence-corrected chi connectivity index (χ0v) is 27.7. The quantitative estimate of drug-likeness (QED) is 0.256. The number of rotatable bonds is 13. The normalized spacial score (nSPS) is 14.3. The maximum Gasteiger partial charge on any atom is 0.264 e. The van der Waals surface area contributed by atoms with Gasteiger partial charge in [0.25, 0.3) is 10.0 Å². The molecule has 0 radical (unpaired) electrons. The summed E-state index contributed by atoms with van der Waals surface area (Å²) in [5.41, 5.74) is 3.00. The Balaban J connectivity index is 1.76. The molecular weight excluding hydrogens is 590 g/mol. The molecule has 4 rings (SSSR count). The van der Waals surface area contributed by atoms with Gasteiger partial charge in [0, 0.05) is 18.7 Å². The van der Waals surface area contributed by atoms with Gasteiger partial charge < -0.3 is 19.7 Å². The standard InChI is InChI=1S/C35H45N3O6S/c1-6-31(35(40)36-28-14-8-7-9-15-28)37(23-27-13-11-10-12-26(27)3)34(39)24-38(29-18-21-32(43-4)33(22-29)44-5)45(41,42)30-19-16-25(2)17-20-30/h10-13,16-22,28,31H,6-9,14-15,23-24H2,1-5H3,(H,36,40). The van der Waals surface area contributed by atoms with Crippen LogP contribution in [0.5, 0.6) is 11.5 Å². The van der Waals surface area contributed by atoms with Gasteiger partial charge >= 0.3 is 0 Å². The largest absolute Gasteiger partial charge is 0.493 e. The summed E-state index contributed by atoms with van der Waals surface area (Å²) < 4.78 is 40.3. The van der Waals surface area contributed by atoms with Gasteiger partial charge in [-0.25, -0.2) is 8.42 Å². The highest BCUT2D eigenvalue weighted by Gasteiger charge is 2.35. The van der Waals surface area contributed by atoms with Crippen molar-refractivity contribution in [1.82, 2.24) is 10.2 Å². The number of nitrogens with one attached hydrogen (secondary N) is 1. The molecule has 0 heterocycles. The summed E-state index contributed by atoms with van der Waals surface area (Å²) in [6, 6.07) is 18.2. The van der Waals surface area contributed by atoms with Gasteiger partial charge in [0.05, 0.1) is 24.8 Å². The highest BCUT2D eigenvalue weighted by molar-refractivity contribution is 7.92. The molecule has 0 saturated heterocycles. The Morgan fingerprint density at radius 2 is 1.58 bits per heavy atom. The number of nitrogens with zero attached hydrogens (tertiary/aromatic N) is 2. The van der Waals surface area contributed by atoms with Gasteiger partial charge in [0.2, 0.25) is 11.8 Å². The van der Waals surface area contributed by atoms with Crippen LogP contribution in [0.25, 0.3) is 0 Å². The molecule has 3 aromatic rings. The molecule has 1 unspecified atom stereocenters. The van der Waals surface area contributed by atoms with Crippen molar-refractivity contribution < 1.29 is 27.5 Å². The van der Waals surface area contributed by atoms with Crippen LogP contribution in [0.2, 0.25) is 0 Å². The highest BCUT2D eigenvalue weighted by atomic mass is 32.2. The van der Waals surface area contributed by atoms with Gasteiger partial charge in [0.15, 0.2) is 11.5 Å². The molecule has 0 aliphatic heterocycles. The van der Waals surface area contributed by atoms with E-state index in [1.165, 1.54) is 37.3 Å². The number of ether oxygens (including phenoxy) is 2.